The molecule has 5 heteroatoms. The van der Waals surface area contributed by atoms with Crippen molar-refractivity contribution in [2.24, 2.45) is 4.99 Å². The lowest BCUT2D eigenvalue weighted by Gasteiger charge is -2.02. The summed E-state index contributed by atoms with van der Waals surface area (Å²) in [5, 5.41) is 0. The summed E-state index contributed by atoms with van der Waals surface area (Å²) < 4.78 is 7.57. The van der Waals surface area contributed by atoms with Gasteiger partial charge in [-0.2, -0.15) is 0 Å². The minimum Gasteiger partial charge on any atom is -0.402 e. The molecular formula is C17H11I2NO2. The maximum atomic E-state index is 12.0. The summed E-state index contributed by atoms with van der Waals surface area (Å²) in [6, 6.07) is 13.7. The first kappa shape index (κ1) is 15.7. The Morgan fingerprint density at radius 1 is 1.14 bits per heavy atom. The molecule has 0 amide bonds. The second-order valence-corrected chi connectivity index (χ2v) is 7.26. The van der Waals surface area contributed by atoms with E-state index < -0.39 is 5.97 Å². The van der Waals surface area contributed by atoms with Crippen LogP contribution in [0.2, 0.25) is 0 Å². The molecule has 0 atom stereocenters. The number of esters is 1. The van der Waals surface area contributed by atoms with Crippen LogP contribution in [0, 0.1) is 14.1 Å². The molecule has 22 heavy (non-hydrogen) atoms. The van der Waals surface area contributed by atoms with Crippen molar-refractivity contribution in [3.63, 3.8) is 0 Å². The van der Waals surface area contributed by atoms with Crippen molar-refractivity contribution in [3.05, 3.63) is 72.0 Å². The standard InChI is InChI=1S/C17H11I2NO2/c1-10-7-12(5-6-14(10)19)16-20-15(17(21)22-16)9-11-3-2-4-13(18)8-11/h2-9H,1H3/b15-9-. The maximum Gasteiger partial charge on any atom is 0.363 e. The summed E-state index contributed by atoms with van der Waals surface area (Å²) in [5.74, 6) is -0.0496. The van der Waals surface area contributed by atoms with E-state index in [4.69, 9.17) is 4.74 Å². The van der Waals surface area contributed by atoms with Gasteiger partial charge in [0.05, 0.1) is 0 Å². The highest BCUT2D eigenvalue weighted by molar-refractivity contribution is 14.1. The molecule has 1 aliphatic rings. The predicted molar refractivity (Wildman–Crippen MR) is 104 cm³/mol. The Hall–Kier alpha value is -1.22. The maximum absolute atomic E-state index is 12.0. The molecule has 1 heterocycles. The molecule has 2 aromatic carbocycles. The van der Waals surface area contributed by atoms with Crippen LogP contribution in [0.1, 0.15) is 16.7 Å². The summed E-state index contributed by atoms with van der Waals surface area (Å²) in [6.07, 6.45) is 1.75. The first-order chi connectivity index (χ1) is 10.5. The van der Waals surface area contributed by atoms with Gasteiger partial charge in [0.1, 0.15) is 0 Å². The fourth-order valence-corrected chi connectivity index (χ4v) is 2.97. The third-order valence-corrected chi connectivity index (χ3v) is 5.06. The molecule has 0 fully saturated rings. The zero-order valence-electron chi connectivity index (χ0n) is 11.6. The summed E-state index contributed by atoms with van der Waals surface area (Å²) in [4.78, 5) is 16.3. The Balaban J connectivity index is 1.96. The second-order valence-electron chi connectivity index (χ2n) is 4.86. The Morgan fingerprint density at radius 2 is 1.95 bits per heavy atom. The number of aryl methyl sites for hydroxylation is 1. The number of hydrogen-bond acceptors (Lipinski definition) is 3. The molecule has 0 aliphatic carbocycles. The van der Waals surface area contributed by atoms with Gasteiger partial charge in [-0.3, -0.25) is 0 Å². The van der Waals surface area contributed by atoms with Crippen LogP contribution in [-0.4, -0.2) is 11.9 Å². The molecule has 0 spiro atoms. The van der Waals surface area contributed by atoms with E-state index >= 15 is 0 Å². The van der Waals surface area contributed by atoms with Crippen LogP contribution < -0.4 is 0 Å². The van der Waals surface area contributed by atoms with Crippen LogP contribution >= 0.6 is 45.2 Å². The monoisotopic (exact) mass is 515 g/mol. The van der Waals surface area contributed by atoms with Crippen LogP contribution in [0.15, 0.2) is 53.2 Å². The van der Waals surface area contributed by atoms with Crippen LogP contribution in [0.3, 0.4) is 0 Å². The highest BCUT2D eigenvalue weighted by atomic mass is 127. The summed E-state index contributed by atoms with van der Waals surface area (Å²) in [6.45, 7) is 2.02. The van der Waals surface area contributed by atoms with E-state index in [1.54, 1.807) is 6.08 Å². The fourth-order valence-electron chi connectivity index (χ4n) is 2.06. The van der Waals surface area contributed by atoms with Crippen molar-refractivity contribution in [1.82, 2.24) is 0 Å². The first-order valence-corrected chi connectivity index (χ1v) is 8.73. The average Bonchev–Trinajstić information content (AvgIpc) is 2.83. The second kappa shape index (κ2) is 6.49. The molecule has 0 saturated carbocycles. The number of carbonyl (C=O) groups excluding carboxylic acids is 1. The number of ether oxygens (including phenoxy) is 1. The van der Waals surface area contributed by atoms with Gasteiger partial charge in [0.25, 0.3) is 0 Å². The minimum absolute atomic E-state index is 0.327. The van der Waals surface area contributed by atoms with Crippen LogP contribution in [0.25, 0.3) is 6.08 Å². The molecule has 0 unspecified atom stereocenters. The lowest BCUT2D eigenvalue weighted by molar-refractivity contribution is -0.129. The number of carbonyl (C=O) groups is 1. The van der Waals surface area contributed by atoms with Crippen molar-refractivity contribution in [2.45, 2.75) is 6.92 Å². The highest BCUT2D eigenvalue weighted by Gasteiger charge is 2.24. The number of aliphatic imine (C=N–C) groups is 1. The topological polar surface area (TPSA) is 38.7 Å². The SMILES string of the molecule is Cc1cc(C2=N/C(=C\c3cccc(I)c3)C(=O)O2)ccc1I. The van der Waals surface area contributed by atoms with Crippen LogP contribution in [-0.2, 0) is 9.53 Å². The third kappa shape index (κ3) is 3.40. The molecule has 0 N–H and O–H groups in total. The number of rotatable bonds is 2. The molecule has 1 aliphatic heterocycles. The van der Waals surface area contributed by atoms with Crippen LogP contribution in [0.4, 0.5) is 0 Å². The van der Waals surface area contributed by atoms with E-state index in [1.165, 1.54) is 3.57 Å². The Morgan fingerprint density at radius 3 is 2.68 bits per heavy atom. The Kier molecular flexibility index (Phi) is 4.62. The normalized spacial score (nSPS) is 15.9. The van der Waals surface area contributed by atoms with Gasteiger partial charge < -0.3 is 4.74 Å². The van der Waals surface area contributed by atoms with E-state index in [0.29, 0.717) is 11.6 Å². The van der Waals surface area contributed by atoms with E-state index in [2.05, 4.69) is 50.2 Å². The molecule has 3 rings (SSSR count). The molecule has 3 nitrogen and oxygen atoms in total. The van der Waals surface area contributed by atoms with Gasteiger partial charge in [-0.1, -0.05) is 12.1 Å². The Bertz CT molecular complexity index is 825. The van der Waals surface area contributed by atoms with Gasteiger partial charge >= 0.3 is 5.97 Å². The van der Waals surface area contributed by atoms with E-state index in [0.717, 1.165) is 20.3 Å². The van der Waals surface area contributed by atoms with Crippen molar-refractivity contribution in [1.29, 1.82) is 0 Å². The zero-order valence-corrected chi connectivity index (χ0v) is 16.0. The van der Waals surface area contributed by atoms with E-state index in [9.17, 15) is 4.79 Å². The summed E-state index contributed by atoms with van der Waals surface area (Å²) in [5.41, 5.74) is 3.21. The number of halogens is 2. The molecular weight excluding hydrogens is 504 g/mol. The smallest absolute Gasteiger partial charge is 0.363 e. The fraction of sp³-hybridized carbons (Fsp3) is 0.0588. The van der Waals surface area contributed by atoms with Gasteiger partial charge in [-0.25, -0.2) is 9.79 Å². The van der Waals surface area contributed by atoms with Gasteiger partial charge in [0.2, 0.25) is 5.90 Å². The van der Waals surface area contributed by atoms with Crippen molar-refractivity contribution >= 4 is 63.1 Å². The van der Waals surface area contributed by atoms with Crippen LogP contribution in [0.5, 0.6) is 0 Å². The molecule has 2 aromatic rings. The molecule has 110 valence electrons. The Labute approximate surface area is 155 Å². The predicted octanol–water partition coefficient (Wildman–Crippen LogP) is 4.55. The van der Waals surface area contributed by atoms with Crippen molar-refractivity contribution in [2.75, 3.05) is 0 Å². The molecule has 0 bridgehead atoms. The summed E-state index contributed by atoms with van der Waals surface area (Å²) in [7, 11) is 0. The van der Waals surface area contributed by atoms with Crippen molar-refractivity contribution < 1.29 is 9.53 Å². The summed E-state index contributed by atoms with van der Waals surface area (Å²) >= 11 is 4.51. The number of benzene rings is 2. The number of nitrogens with zero attached hydrogens (tertiary/aromatic N) is 1. The van der Waals surface area contributed by atoms with Gasteiger partial charge in [-0.05, 0) is 99.6 Å². The lowest BCUT2D eigenvalue weighted by atomic mass is 10.1. The average molecular weight is 515 g/mol. The van der Waals surface area contributed by atoms with Gasteiger partial charge in [-0.15, -0.1) is 0 Å². The van der Waals surface area contributed by atoms with E-state index in [1.807, 2.05) is 49.4 Å². The number of cyclic esters (lactones) is 1. The highest BCUT2D eigenvalue weighted by Crippen LogP contribution is 2.21. The molecule has 0 aromatic heterocycles. The first-order valence-electron chi connectivity index (χ1n) is 6.57. The third-order valence-electron chi connectivity index (χ3n) is 3.18. The van der Waals surface area contributed by atoms with Crippen molar-refractivity contribution in [3.8, 4) is 0 Å². The number of hydrogen-bond donors (Lipinski definition) is 0. The van der Waals surface area contributed by atoms with Gasteiger partial charge in [0, 0.05) is 12.7 Å². The quantitative estimate of drug-likeness (QED) is 0.335. The van der Waals surface area contributed by atoms with Gasteiger partial charge in [0.15, 0.2) is 5.70 Å². The molecule has 0 saturated heterocycles. The zero-order chi connectivity index (χ0) is 15.7. The lowest BCUT2D eigenvalue weighted by Crippen LogP contribution is -2.05. The largest absolute Gasteiger partial charge is 0.402 e. The molecule has 0 radical (unpaired) electrons. The minimum atomic E-state index is -0.412. The van der Waals surface area contributed by atoms with E-state index in [-0.39, 0.29) is 0 Å².